The molecule has 1 aliphatic rings. The number of benzene rings is 2. The molecule has 0 unspecified atom stereocenters. The first-order valence-electron chi connectivity index (χ1n) is 6.54. The van der Waals surface area contributed by atoms with E-state index in [2.05, 4.69) is 39.1 Å². The van der Waals surface area contributed by atoms with Crippen molar-refractivity contribution >= 4 is 28.5 Å². The normalized spacial score (nSPS) is 13.8. The number of hydrogen-bond acceptors (Lipinski definition) is 3. The summed E-state index contributed by atoms with van der Waals surface area (Å²) in [6, 6.07) is 14.1. The summed E-state index contributed by atoms with van der Waals surface area (Å²) in [6.07, 6.45) is 1.82. The zero-order valence-corrected chi connectivity index (χ0v) is 11.5. The molecule has 20 heavy (non-hydrogen) atoms. The first kappa shape index (κ1) is 11.7. The molecule has 3 aromatic rings. The molecule has 0 aliphatic carbocycles. The monoisotopic (exact) mass is 281 g/mol. The van der Waals surface area contributed by atoms with Crippen LogP contribution in [0.5, 0.6) is 0 Å². The van der Waals surface area contributed by atoms with Gasteiger partial charge in [0, 0.05) is 18.1 Å². The lowest BCUT2D eigenvalue weighted by molar-refractivity contribution is 0.856. The van der Waals surface area contributed by atoms with Crippen molar-refractivity contribution in [2.24, 2.45) is 0 Å². The molecule has 2 aromatic carbocycles. The molecular formula is C16H12ClN3. The molecule has 0 amide bonds. The topological polar surface area (TPSA) is 29.0 Å². The van der Waals surface area contributed by atoms with Gasteiger partial charge >= 0.3 is 0 Å². The highest BCUT2D eigenvalue weighted by Gasteiger charge is 2.19. The molecule has 4 heteroatoms. The van der Waals surface area contributed by atoms with E-state index in [1.807, 2.05) is 24.4 Å². The van der Waals surface area contributed by atoms with E-state index in [4.69, 9.17) is 11.6 Å². The van der Waals surface area contributed by atoms with Crippen LogP contribution in [-0.2, 0) is 13.1 Å². The van der Waals surface area contributed by atoms with Crippen molar-refractivity contribution in [2.75, 3.05) is 4.90 Å². The highest BCUT2D eigenvalue weighted by molar-refractivity contribution is 6.31. The van der Waals surface area contributed by atoms with Crippen LogP contribution in [0.3, 0.4) is 0 Å². The zero-order chi connectivity index (χ0) is 13.5. The summed E-state index contributed by atoms with van der Waals surface area (Å²) in [5.74, 6) is 0.913. The maximum atomic E-state index is 5.97. The largest absolute Gasteiger partial charge is 0.347 e. The standard InChI is InChI=1S/C16H12ClN3/c17-13-5-6-14-15(7-13)18-8-16(19-14)20-9-11-3-1-2-4-12(11)10-20/h1-8H,9-10H2. The van der Waals surface area contributed by atoms with E-state index in [1.165, 1.54) is 11.1 Å². The van der Waals surface area contributed by atoms with Gasteiger partial charge in [0.2, 0.25) is 0 Å². The lowest BCUT2D eigenvalue weighted by Gasteiger charge is -2.16. The highest BCUT2D eigenvalue weighted by Crippen LogP contribution is 2.27. The second-order valence-corrected chi connectivity index (χ2v) is 5.42. The first-order valence-corrected chi connectivity index (χ1v) is 6.91. The molecular weight excluding hydrogens is 270 g/mol. The average molecular weight is 282 g/mol. The van der Waals surface area contributed by atoms with E-state index in [1.54, 1.807) is 0 Å². The fraction of sp³-hybridized carbons (Fsp3) is 0.125. The van der Waals surface area contributed by atoms with Crippen LogP contribution >= 0.6 is 11.6 Å². The highest BCUT2D eigenvalue weighted by atomic mass is 35.5. The van der Waals surface area contributed by atoms with Crippen molar-refractivity contribution in [3.8, 4) is 0 Å². The smallest absolute Gasteiger partial charge is 0.148 e. The van der Waals surface area contributed by atoms with Crippen molar-refractivity contribution in [3.63, 3.8) is 0 Å². The Bertz CT molecular complexity index is 776. The molecule has 0 saturated heterocycles. The van der Waals surface area contributed by atoms with Crippen molar-refractivity contribution in [3.05, 3.63) is 64.8 Å². The average Bonchev–Trinajstić information content (AvgIpc) is 2.90. The summed E-state index contributed by atoms with van der Waals surface area (Å²) in [6.45, 7) is 1.79. The molecule has 0 spiro atoms. The molecule has 1 aromatic heterocycles. The quantitative estimate of drug-likeness (QED) is 0.679. The second kappa shape index (κ2) is 4.46. The predicted molar refractivity (Wildman–Crippen MR) is 80.9 cm³/mol. The van der Waals surface area contributed by atoms with Crippen LogP contribution in [0.1, 0.15) is 11.1 Å². The van der Waals surface area contributed by atoms with Gasteiger partial charge in [-0.3, -0.25) is 4.98 Å². The van der Waals surface area contributed by atoms with Crippen molar-refractivity contribution in [1.82, 2.24) is 9.97 Å². The van der Waals surface area contributed by atoms with Gasteiger partial charge in [-0.05, 0) is 29.3 Å². The Morgan fingerprint density at radius 1 is 0.950 bits per heavy atom. The Kier molecular flexibility index (Phi) is 2.60. The summed E-state index contributed by atoms with van der Waals surface area (Å²) < 4.78 is 0. The van der Waals surface area contributed by atoms with Gasteiger partial charge in [-0.15, -0.1) is 0 Å². The Balaban J connectivity index is 1.72. The molecule has 0 N–H and O–H groups in total. The number of rotatable bonds is 1. The molecule has 1 aliphatic heterocycles. The molecule has 0 fully saturated rings. The fourth-order valence-corrected chi connectivity index (χ4v) is 2.79. The Hall–Kier alpha value is -2.13. The lowest BCUT2D eigenvalue weighted by Crippen LogP contribution is -2.16. The molecule has 0 saturated carbocycles. The van der Waals surface area contributed by atoms with Gasteiger partial charge in [-0.1, -0.05) is 35.9 Å². The maximum Gasteiger partial charge on any atom is 0.148 e. The van der Waals surface area contributed by atoms with E-state index in [9.17, 15) is 0 Å². The summed E-state index contributed by atoms with van der Waals surface area (Å²) >= 11 is 5.97. The van der Waals surface area contributed by atoms with Gasteiger partial charge in [-0.2, -0.15) is 0 Å². The van der Waals surface area contributed by atoms with Gasteiger partial charge in [0.1, 0.15) is 5.82 Å². The van der Waals surface area contributed by atoms with E-state index in [0.29, 0.717) is 5.02 Å². The molecule has 0 radical (unpaired) electrons. The summed E-state index contributed by atoms with van der Waals surface area (Å²) in [5, 5.41) is 0.688. The van der Waals surface area contributed by atoms with E-state index in [0.717, 1.165) is 29.9 Å². The number of nitrogens with zero attached hydrogens (tertiary/aromatic N) is 3. The fourth-order valence-electron chi connectivity index (χ4n) is 2.62. The lowest BCUT2D eigenvalue weighted by atomic mass is 10.1. The molecule has 0 atom stereocenters. The van der Waals surface area contributed by atoms with Crippen molar-refractivity contribution in [2.45, 2.75) is 13.1 Å². The molecule has 4 rings (SSSR count). The van der Waals surface area contributed by atoms with E-state index in [-0.39, 0.29) is 0 Å². The SMILES string of the molecule is Clc1ccc2nc(N3Cc4ccccc4C3)cnc2c1. The minimum atomic E-state index is 0.688. The van der Waals surface area contributed by atoms with Gasteiger partial charge < -0.3 is 4.90 Å². The minimum absolute atomic E-state index is 0.688. The molecule has 3 nitrogen and oxygen atoms in total. The first-order chi connectivity index (χ1) is 9.79. The zero-order valence-electron chi connectivity index (χ0n) is 10.8. The van der Waals surface area contributed by atoms with Gasteiger partial charge in [0.25, 0.3) is 0 Å². The second-order valence-electron chi connectivity index (χ2n) is 4.99. The minimum Gasteiger partial charge on any atom is -0.347 e. The third-order valence-electron chi connectivity index (χ3n) is 3.66. The Morgan fingerprint density at radius 3 is 2.45 bits per heavy atom. The number of anilines is 1. The van der Waals surface area contributed by atoms with Gasteiger partial charge in [0.05, 0.1) is 17.2 Å². The van der Waals surface area contributed by atoms with Crippen LogP contribution < -0.4 is 4.90 Å². The van der Waals surface area contributed by atoms with Crippen LogP contribution in [0, 0.1) is 0 Å². The van der Waals surface area contributed by atoms with Crippen LogP contribution in [0.25, 0.3) is 11.0 Å². The summed E-state index contributed by atoms with van der Waals surface area (Å²) in [7, 11) is 0. The Labute approximate surface area is 121 Å². The third-order valence-corrected chi connectivity index (χ3v) is 3.89. The predicted octanol–water partition coefficient (Wildman–Crippen LogP) is 3.80. The number of fused-ring (bicyclic) bond motifs is 2. The molecule has 98 valence electrons. The van der Waals surface area contributed by atoms with Gasteiger partial charge in [-0.25, -0.2) is 4.98 Å². The summed E-state index contributed by atoms with van der Waals surface area (Å²) in [4.78, 5) is 11.4. The number of halogens is 1. The Morgan fingerprint density at radius 2 is 1.70 bits per heavy atom. The molecule has 2 heterocycles. The van der Waals surface area contributed by atoms with Gasteiger partial charge in [0.15, 0.2) is 0 Å². The van der Waals surface area contributed by atoms with Crippen LogP contribution in [0.4, 0.5) is 5.82 Å². The van der Waals surface area contributed by atoms with Crippen molar-refractivity contribution in [1.29, 1.82) is 0 Å². The van der Waals surface area contributed by atoms with Crippen LogP contribution in [0.2, 0.25) is 5.02 Å². The third kappa shape index (κ3) is 1.91. The van der Waals surface area contributed by atoms with Crippen molar-refractivity contribution < 1.29 is 0 Å². The van der Waals surface area contributed by atoms with Crippen LogP contribution in [-0.4, -0.2) is 9.97 Å². The number of aromatic nitrogens is 2. The van der Waals surface area contributed by atoms with E-state index >= 15 is 0 Å². The maximum absolute atomic E-state index is 5.97. The van der Waals surface area contributed by atoms with Crippen LogP contribution in [0.15, 0.2) is 48.7 Å². The molecule has 0 bridgehead atoms. The number of hydrogen-bond donors (Lipinski definition) is 0. The summed E-state index contributed by atoms with van der Waals surface area (Å²) in [5.41, 5.74) is 4.44. The van der Waals surface area contributed by atoms with E-state index < -0.39 is 0 Å².